The summed E-state index contributed by atoms with van der Waals surface area (Å²) in [4.78, 5) is 0. The molecule has 0 bridgehead atoms. The summed E-state index contributed by atoms with van der Waals surface area (Å²) in [5.41, 5.74) is 2.27. The van der Waals surface area contributed by atoms with Crippen LogP contribution in [0.3, 0.4) is 0 Å². The number of benzene rings is 2. The number of hydrogen-bond acceptors (Lipinski definition) is 3. The van der Waals surface area contributed by atoms with Crippen molar-refractivity contribution < 1.29 is 14.2 Å². The molecule has 3 nitrogen and oxygen atoms in total. The molecule has 0 aromatic heterocycles. The highest BCUT2D eigenvalue weighted by Gasteiger charge is 2.23. The van der Waals surface area contributed by atoms with Crippen molar-refractivity contribution in [3.8, 4) is 5.75 Å². The summed E-state index contributed by atoms with van der Waals surface area (Å²) in [6.07, 6.45) is 1.83. The first-order valence-electron chi connectivity index (χ1n) is 8.66. The van der Waals surface area contributed by atoms with E-state index in [9.17, 15) is 0 Å². The third-order valence-corrected chi connectivity index (χ3v) is 4.31. The molecular weight excluding hydrogens is 312 g/mol. The van der Waals surface area contributed by atoms with Crippen molar-refractivity contribution in [2.75, 3.05) is 7.11 Å². The Hall–Kier alpha value is -2.10. The van der Waals surface area contributed by atoms with Crippen molar-refractivity contribution in [1.29, 1.82) is 0 Å². The first-order chi connectivity index (χ1) is 12.1. The van der Waals surface area contributed by atoms with E-state index < -0.39 is 0 Å². The lowest BCUT2D eigenvalue weighted by Crippen LogP contribution is -2.34. The smallest absolute Gasteiger partial charge is 0.118 e. The third kappa shape index (κ3) is 6.04. The minimum absolute atomic E-state index is 0.0428. The van der Waals surface area contributed by atoms with Crippen LogP contribution in [0.4, 0.5) is 0 Å². The number of ether oxygens (including phenoxy) is 3. The topological polar surface area (TPSA) is 27.7 Å². The molecule has 0 fully saturated rings. The first kappa shape index (κ1) is 19.2. The lowest BCUT2D eigenvalue weighted by atomic mass is 10.0. The number of hydrogen-bond donors (Lipinski definition) is 0. The predicted octanol–water partition coefficient (Wildman–Crippen LogP) is 5.01. The zero-order valence-corrected chi connectivity index (χ0v) is 15.4. The summed E-state index contributed by atoms with van der Waals surface area (Å²) >= 11 is 0. The van der Waals surface area contributed by atoms with Crippen LogP contribution in [0.2, 0.25) is 0 Å². The van der Waals surface area contributed by atoms with E-state index in [0.717, 1.165) is 16.9 Å². The number of rotatable bonds is 10. The highest BCUT2D eigenvalue weighted by atomic mass is 16.5. The number of methoxy groups -OCH3 is 1. The molecule has 3 heteroatoms. The molecule has 2 aromatic carbocycles. The minimum atomic E-state index is -0.0454. The predicted molar refractivity (Wildman–Crippen MR) is 102 cm³/mol. The molecule has 25 heavy (non-hydrogen) atoms. The van der Waals surface area contributed by atoms with Crippen LogP contribution in [0.15, 0.2) is 67.3 Å². The monoisotopic (exact) mass is 340 g/mol. The van der Waals surface area contributed by atoms with E-state index in [1.807, 2.05) is 48.5 Å². The van der Waals surface area contributed by atoms with Crippen LogP contribution in [-0.2, 0) is 22.7 Å². The molecule has 134 valence electrons. The molecule has 0 unspecified atom stereocenters. The van der Waals surface area contributed by atoms with Crippen LogP contribution < -0.4 is 4.74 Å². The van der Waals surface area contributed by atoms with Gasteiger partial charge in [0.15, 0.2) is 0 Å². The van der Waals surface area contributed by atoms with Crippen molar-refractivity contribution >= 4 is 0 Å². The lowest BCUT2D eigenvalue weighted by molar-refractivity contribution is -0.0916. The van der Waals surface area contributed by atoms with E-state index in [-0.39, 0.29) is 18.1 Å². The Balaban J connectivity index is 1.92. The molecule has 0 aliphatic heterocycles. The summed E-state index contributed by atoms with van der Waals surface area (Å²) < 4.78 is 17.4. The van der Waals surface area contributed by atoms with E-state index >= 15 is 0 Å². The third-order valence-electron chi connectivity index (χ3n) is 4.31. The largest absolute Gasteiger partial charge is 0.497 e. The first-order valence-corrected chi connectivity index (χ1v) is 8.66. The second kappa shape index (κ2) is 10.0. The molecule has 2 aromatic rings. The highest BCUT2D eigenvalue weighted by Crippen LogP contribution is 2.19. The second-order valence-electron chi connectivity index (χ2n) is 6.22. The van der Waals surface area contributed by atoms with Gasteiger partial charge in [-0.1, -0.05) is 55.5 Å². The molecule has 0 aliphatic carbocycles. The molecule has 0 heterocycles. The Bertz CT molecular complexity index is 621. The van der Waals surface area contributed by atoms with Crippen molar-refractivity contribution in [3.63, 3.8) is 0 Å². The van der Waals surface area contributed by atoms with Gasteiger partial charge >= 0.3 is 0 Å². The van der Waals surface area contributed by atoms with Gasteiger partial charge in [0, 0.05) is 5.92 Å². The molecule has 0 saturated heterocycles. The maximum atomic E-state index is 6.15. The van der Waals surface area contributed by atoms with Gasteiger partial charge in [0.1, 0.15) is 5.75 Å². The van der Waals surface area contributed by atoms with Crippen LogP contribution in [0, 0.1) is 5.92 Å². The molecule has 0 amide bonds. The van der Waals surface area contributed by atoms with E-state index in [2.05, 4.69) is 32.6 Å². The van der Waals surface area contributed by atoms with E-state index in [1.54, 1.807) is 7.11 Å². The van der Waals surface area contributed by atoms with Crippen LogP contribution in [0.25, 0.3) is 0 Å². The molecule has 0 aliphatic rings. The Morgan fingerprint density at radius 2 is 1.48 bits per heavy atom. The molecule has 0 radical (unpaired) electrons. The second-order valence-corrected chi connectivity index (χ2v) is 6.22. The van der Waals surface area contributed by atoms with E-state index in [4.69, 9.17) is 14.2 Å². The molecule has 0 spiro atoms. The fraction of sp³-hybridized carbons (Fsp3) is 0.364. The Kier molecular flexibility index (Phi) is 7.71. The van der Waals surface area contributed by atoms with Gasteiger partial charge < -0.3 is 14.2 Å². The zero-order valence-electron chi connectivity index (χ0n) is 15.4. The summed E-state index contributed by atoms with van der Waals surface area (Å²) in [7, 11) is 1.67. The summed E-state index contributed by atoms with van der Waals surface area (Å²) in [6, 6.07) is 18.1. The fourth-order valence-corrected chi connectivity index (χ4v) is 2.66. The summed E-state index contributed by atoms with van der Waals surface area (Å²) in [6.45, 7) is 9.18. The quantitative estimate of drug-likeness (QED) is 0.569. The van der Waals surface area contributed by atoms with Crippen LogP contribution >= 0.6 is 0 Å². The molecular formula is C22H28O3. The molecule has 0 N–H and O–H groups in total. The van der Waals surface area contributed by atoms with Crippen molar-refractivity contribution in [2.24, 2.45) is 5.92 Å². The van der Waals surface area contributed by atoms with Gasteiger partial charge in [-0.3, -0.25) is 0 Å². The van der Waals surface area contributed by atoms with E-state index in [0.29, 0.717) is 13.2 Å². The van der Waals surface area contributed by atoms with Crippen molar-refractivity contribution in [3.05, 3.63) is 78.4 Å². The molecule has 3 atom stereocenters. The minimum Gasteiger partial charge on any atom is -0.497 e. The highest BCUT2D eigenvalue weighted by molar-refractivity contribution is 5.26. The van der Waals surface area contributed by atoms with Crippen molar-refractivity contribution in [2.45, 2.75) is 39.3 Å². The van der Waals surface area contributed by atoms with Crippen molar-refractivity contribution in [1.82, 2.24) is 0 Å². The van der Waals surface area contributed by atoms with Crippen LogP contribution in [0.5, 0.6) is 5.75 Å². The van der Waals surface area contributed by atoms with Gasteiger partial charge in [-0.25, -0.2) is 0 Å². The average Bonchev–Trinajstić information content (AvgIpc) is 2.67. The van der Waals surface area contributed by atoms with Gasteiger partial charge in [-0.2, -0.15) is 0 Å². The maximum absolute atomic E-state index is 6.15. The average molecular weight is 340 g/mol. The van der Waals surface area contributed by atoms with Gasteiger partial charge in [-0.15, -0.1) is 6.58 Å². The summed E-state index contributed by atoms with van der Waals surface area (Å²) in [5, 5.41) is 0. The van der Waals surface area contributed by atoms with Crippen LogP contribution in [-0.4, -0.2) is 19.3 Å². The molecule has 2 rings (SSSR count). The normalized spacial score (nSPS) is 14.5. The van der Waals surface area contributed by atoms with Gasteiger partial charge in [0.05, 0.1) is 32.5 Å². The Morgan fingerprint density at radius 1 is 0.880 bits per heavy atom. The van der Waals surface area contributed by atoms with Gasteiger partial charge in [0.25, 0.3) is 0 Å². The maximum Gasteiger partial charge on any atom is 0.118 e. The molecule has 0 saturated carbocycles. The fourth-order valence-electron chi connectivity index (χ4n) is 2.66. The Labute approximate surface area is 151 Å². The van der Waals surface area contributed by atoms with E-state index in [1.165, 1.54) is 0 Å². The zero-order chi connectivity index (χ0) is 18.1. The Morgan fingerprint density at radius 3 is 2.08 bits per heavy atom. The van der Waals surface area contributed by atoms with Crippen LogP contribution in [0.1, 0.15) is 25.0 Å². The van der Waals surface area contributed by atoms with Gasteiger partial charge in [-0.05, 0) is 30.2 Å². The summed E-state index contributed by atoms with van der Waals surface area (Å²) in [5.74, 6) is 1.05. The lowest BCUT2D eigenvalue weighted by Gasteiger charge is -2.28. The standard InChI is InChI=1S/C22H28O3/c1-5-17(2)22(25-16-19-9-7-6-8-10-19)18(3)24-15-20-11-13-21(23-4)14-12-20/h5-14,17-18,22H,1,15-16H2,2-4H3/t17-,18-,22-/m0/s1. The SMILES string of the molecule is C=C[C@H](C)[C@H](OCc1ccccc1)[C@H](C)OCc1ccc(OC)cc1. The van der Waals surface area contributed by atoms with Gasteiger partial charge in [0.2, 0.25) is 0 Å².